The molecule has 4 aromatic rings. The number of carbonyl (C=O) groups excluding carboxylic acids is 1. The number of rotatable bonds is 6. The number of ether oxygens (including phenoxy) is 1. The molecule has 7 nitrogen and oxygen atoms in total. The van der Waals surface area contributed by atoms with Crippen LogP contribution in [0.15, 0.2) is 94.8 Å². The summed E-state index contributed by atoms with van der Waals surface area (Å²) in [6.07, 6.45) is 1.82. The molecule has 1 heterocycles. The van der Waals surface area contributed by atoms with E-state index in [9.17, 15) is 14.9 Å². The van der Waals surface area contributed by atoms with Crippen molar-refractivity contribution in [1.29, 1.82) is 0 Å². The maximum atomic E-state index is 12.8. The molecule has 0 bridgehead atoms. The predicted molar refractivity (Wildman–Crippen MR) is 143 cm³/mol. The largest absolute Gasteiger partial charge is 0.488 e. The minimum atomic E-state index is -0.432. The third-order valence-corrected chi connectivity index (χ3v) is 6.57. The molecule has 1 aliphatic rings. The van der Waals surface area contributed by atoms with Gasteiger partial charge in [0, 0.05) is 17.7 Å². The number of non-ortho nitro benzene ring substituents is 1. The highest BCUT2D eigenvalue weighted by molar-refractivity contribution is 8.18. The zero-order valence-corrected chi connectivity index (χ0v) is 20.1. The van der Waals surface area contributed by atoms with Gasteiger partial charge < -0.3 is 10.1 Å². The van der Waals surface area contributed by atoms with E-state index in [0.717, 1.165) is 33.2 Å². The Morgan fingerprint density at radius 3 is 2.50 bits per heavy atom. The van der Waals surface area contributed by atoms with Gasteiger partial charge in [0.15, 0.2) is 5.17 Å². The van der Waals surface area contributed by atoms with Crippen LogP contribution in [-0.2, 0) is 11.4 Å². The van der Waals surface area contributed by atoms with Crippen LogP contribution in [0.2, 0.25) is 0 Å². The number of amidine groups is 1. The van der Waals surface area contributed by atoms with Gasteiger partial charge in [0.25, 0.3) is 11.6 Å². The Labute approximate surface area is 211 Å². The number of amides is 1. The second-order valence-corrected chi connectivity index (χ2v) is 9.26. The monoisotopic (exact) mass is 495 g/mol. The molecule has 5 rings (SSSR count). The number of thioether (sulfide) groups is 1. The van der Waals surface area contributed by atoms with E-state index in [-0.39, 0.29) is 18.2 Å². The molecule has 1 aliphatic heterocycles. The molecule has 0 unspecified atom stereocenters. The number of nitro benzene ring substituents is 1. The molecule has 4 aromatic carbocycles. The number of aryl methyl sites for hydroxylation is 1. The average molecular weight is 496 g/mol. The summed E-state index contributed by atoms with van der Waals surface area (Å²) in [5, 5.41) is 16.2. The first-order valence-electron chi connectivity index (χ1n) is 11.2. The van der Waals surface area contributed by atoms with Gasteiger partial charge in [-0.3, -0.25) is 14.9 Å². The fourth-order valence-electron chi connectivity index (χ4n) is 3.77. The molecule has 36 heavy (non-hydrogen) atoms. The Morgan fingerprint density at radius 1 is 1.00 bits per heavy atom. The van der Waals surface area contributed by atoms with Crippen molar-refractivity contribution in [2.45, 2.75) is 13.5 Å². The Bertz CT molecular complexity index is 1530. The van der Waals surface area contributed by atoms with E-state index >= 15 is 0 Å². The summed E-state index contributed by atoms with van der Waals surface area (Å²) >= 11 is 1.28. The van der Waals surface area contributed by atoms with Crippen LogP contribution in [0.25, 0.3) is 16.8 Å². The lowest BCUT2D eigenvalue weighted by molar-refractivity contribution is -0.384. The predicted octanol–water partition coefficient (Wildman–Crippen LogP) is 6.53. The minimum Gasteiger partial charge on any atom is -0.488 e. The number of nitro groups is 1. The zero-order valence-electron chi connectivity index (χ0n) is 19.3. The van der Waals surface area contributed by atoms with Crippen molar-refractivity contribution in [2.75, 3.05) is 0 Å². The number of fused-ring (bicyclic) bond motifs is 1. The van der Waals surface area contributed by atoms with Gasteiger partial charge in [-0.15, -0.1) is 0 Å². The summed E-state index contributed by atoms with van der Waals surface area (Å²) < 4.78 is 6.13. The zero-order chi connectivity index (χ0) is 25.1. The van der Waals surface area contributed by atoms with Crippen molar-refractivity contribution >= 4 is 51.1 Å². The molecule has 178 valence electrons. The van der Waals surface area contributed by atoms with E-state index in [2.05, 4.69) is 10.3 Å². The highest BCUT2D eigenvalue weighted by Gasteiger charge is 2.25. The number of benzene rings is 4. The molecule has 1 saturated heterocycles. The molecule has 0 radical (unpaired) electrons. The maximum Gasteiger partial charge on any atom is 0.269 e. The molecule has 0 aromatic heterocycles. The maximum absolute atomic E-state index is 12.8. The third-order valence-electron chi connectivity index (χ3n) is 5.66. The number of hydrogen-bond donors (Lipinski definition) is 1. The third kappa shape index (κ3) is 5.13. The van der Waals surface area contributed by atoms with Crippen LogP contribution >= 0.6 is 11.8 Å². The Balaban J connectivity index is 1.45. The van der Waals surface area contributed by atoms with Crippen LogP contribution in [0.5, 0.6) is 5.75 Å². The fraction of sp³-hybridized carbons (Fsp3) is 0.0714. The van der Waals surface area contributed by atoms with E-state index in [1.165, 1.54) is 23.9 Å². The first kappa shape index (κ1) is 23.3. The summed E-state index contributed by atoms with van der Waals surface area (Å²) in [7, 11) is 0. The van der Waals surface area contributed by atoms with Crippen LogP contribution in [0.3, 0.4) is 0 Å². The standard InChI is InChI=1S/C28H21N3O4S/c1-18-6-11-21(12-7-18)29-28-30-27(32)26(36-28)16-24-23-5-3-2-4-20(23)10-15-25(24)35-17-19-8-13-22(14-9-19)31(33)34/h2-16H,17H2,1H3,(H,29,30,32)/b26-16+. The quantitative estimate of drug-likeness (QED) is 0.187. The highest BCUT2D eigenvalue weighted by Crippen LogP contribution is 2.35. The van der Waals surface area contributed by atoms with Crippen molar-refractivity contribution in [3.63, 3.8) is 0 Å². The summed E-state index contributed by atoms with van der Waals surface area (Å²) in [4.78, 5) is 28.3. The lowest BCUT2D eigenvalue weighted by Crippen LogP contribution is -2.19. The Kier molecular flexibility index (Phi) is 6.51. The van der Waals surface area contributed by atoms with Gasteiger partial charge in [-0.05, 0) is 71.4 Å². The molecule has 1 N–H and O–H groups in total. The number of carbonyl (C=O) groups is 1. The summed E-state index contributed by atoms with van der Waals surface area (Å²) in [6, 6.07) is 25.7. The van der Waals surface area contributed by atoms with Gasteiger partial charge in [0.2, 0.25) is 0 Å². The van der Waals surface area contributed by atoms with Crippen molar-refractivity contribution in [2.24, 2.45) is 4.99 Å². The SMILES string of the molecule is Cc1ccc(N=C2NC(=O)/C(=C\c3c(OCc4ccc([N+](=O)[O-])cc4)ccc4ccccc34)S2)cc1. The van der Waals surface area contributed by atoms with Crippen molar-refractivity contribution in [3.05, 3.63) is 117 Å². The van der Waals surface area contributed by atoms with E-state index in [0.29, 0.717) is 15.8 Å². The summed E-state index contributed by atoms with van der Waals surface area (Å²) in [5.41, 5.74) is 3.51. The van der Waals surface area contributed by atoms with Gasteiger partial charge in [-0.2, -0.15) is 0 Å². The second-order valence-electron chi connectivity index (χ2n) is 8.23. The fourth-order valence-corrected chi connectivity index (χ4v) is 4.60. The van der Waals surface area contributed by atoms with Crippen LogP contribution in [-0.4, -0.2) is 16.0 Å². The smallest absolute Gasteiger partial charge is 0.269 e. The molecule has 8 heteroatoms. The number of hydrogen-bond acceptors (Lipinski definition) is 6. The highest BCUT2D eigenvalue weighted by atomic mass is 32.2. The van der Waals surface area contributed by atoms with Crippen LogP contribution in [0, 0.1) is 17.0 Å². The van der Waals surface area contributed by atoms with Crippen LogP contribution in [0.4, 0.5) is 11.4 Å². The van der Waals surface area contributed by atoms with Gasteiger partial charge in [0.1, 0.15) is 12.4 Å². The second kappa shape index (κ2) is 10.1. The van der Waals surface area contributed by atoms with Crippen molar-refractivity contribution in [1.82, 2.24) is 5.32 Å². The van der Waals surface area contributed by atoms with Crippen molar-refractivity contribution < 1.29 is 14.5 Å². The summed E-state index contributed by atoms with van der Waals surface area (Å²) in [6.45, 7) is 2.24. The van der Waals surface area contributed by atoms with Gasteiger partial charge in [0.05, 0.1) is 15.5 Å². The lowest BCUT2D eigenvalue weighted by atomic mass is 10.0. The molecule has 1 fully saturated rings. The molecular weight excluding hydrogens is 474 g/mol. The number of nitrogens with zero attached hydrogens (tertiary/aromatic N) is 2. The Morgan fingerprint density at radius 2 is 1.75 bits per heavy atom. The van der Waals surface area contributed by atoms with Gasteiger partial charge in [-0.1, -0.05) is 48.0 Å². The first-order valence-corrected chi connectivity index (χ1v) is 12.0. The van der Waals surface area contributed by atoms with Crippen molar-refractivity contribution in [3.8, 4) is 5.75 Å². The molecule has 0 spiro atoms. The first-order chi connectivity index (χ1) is 17.5. The normalized spacial score (nSPS) is 15.4. The molecule has 0 saturated carbocycles. The topological polar surface area (TPSA) is 93.8 Å². The van der Waals surface area contributed by atoms with E-state index in [4.69, 9.17) is 4.74 Å². The van der Waals surface area contributed by atoms with Gasteiger partial charge in [-0.25, -0.2) is 4.99 Å². The molecule has 1 amide bonds. The molecular formula is C28H21N3O4S. The Hall–Kier alpha value is -4.43. The van der Waals surface area contributed by atoms with Crippen LogP contribution in [0.1, 0.15) is 16.7 Å². The lowest BCUT2D eigenvalue weighted by Gasteiger charge is -2.12. The molecule has 0 aliphatic carbocycles. The number of aliphatic imine (C=N–C) groups is 1. The molecule has 0 atom stereocenters. The minimum absolute atomic E-state index is 0.0299. The summed E-state index contributed by atoms with van der Waals surface area (Å²) in [5.74, 6) is 0.386. The van der Waals surface area contributed by atoms with Crippen LogP contribution < -0.4 is 10.1 Å². The van der Waals surface area contributed by atoms with E-state index < -0.39 is 4.92 Å². The number of nitrogens with one attached hydrogen (secondary N) is 1. The average Bonchev–Trinajstić information content (AvgIpc) is 3.23. The van der Waals surface area contributed by atoms with E-state index in [1.54, 1.807) is 12.1 Å². The van der Waals surface area contributed by atoms with Gasteiger partial charge >= 0.3 is 0 Å². The van der Waals surface area contributed by atoms with E-state index in [1.807, 2.05) is 73.7 Å².